The molecule has 0 saturated heterocycles. The van der Waals surface area contributed by atoms with Crippen LogP contribution in [0.3, 0.4) is 0 Å². The van der Waals surface area contributed by atoms with Crippen molar-refractivity contribution in [2.75, 3.05) is 6.61 Å². The fourth-order valence-corrected chi connectivity index (χ4v) is 2.36. The van der Waals surface area contributed by atoms with Gasteiger partial charge in [0.1, 0.15) is 5.82 Å². The Labute approximate surface area is 139 Å². The van der Waals surface area contributed by atoms with Crippen molar-refractivity contribution in [3.05, 3.63) is 69.0 Å². The van der Waals surface area contributed by atoms with Crippen molar-refractivity contribution in [2.24, 2.45) is 0 Å². The van der Waals surface area contributed by atoms with Crippen molar-refractivity contribution in [3.8, 4) is 0 Å². The Hall–Kier alpha value is -2.20. The SMILES string of the molecule is Cc1cc(C)c(C(=O)COC(=O)c2ccc(Cl)cc2F)cc1C. The molecule has 0 saturated carbocycles. The van der Waals surface area contributed by atoms with Crippen molar-refractivity contribution in [2.45, 2.75) is 20.8 Å². The summed E-state index contributed by atoms with van der Waals surface area (Å²) in [7, 11) is 0. The Balaban J connectivity index is 2.10. The second-order valence-electron chi connectivity index (χ2n) is 5.37. The van der Waals surface area contributed by atoms with Crippen LogP contribution in [-0.2, 0) is 4.74 Å². The summed E-state index contributed by atoms with van der Waals surface area (Å²) in [6, 6.07) is 7.31. The molecule has 0 bridgehead atoms. The molecule has 0 aliphatic rings. The largest absolute Gasteiger partial charge is 0.454 e. The van der Waals surface area contributed by atoms with Crippen LogP contribution in [0.4, 0.5) is 4.39 Å². The highest BCUT2D eigenvalue weighted by Crippen LogP contribution is 2.18. The molecule has 0 aliphatic carbocycles. The molecule has 0 aliphatic heterocycles. The van der Waals surface area contributed by atoms with Gasteiger partial charge in [0, 0.05) is 10.6 Å². The zero-order valence-corrected chi connectivity index (χ0v) is 13.8. The van der Waals surface area contributed by atoms with E-state index in [0.717, 1.165) is 22.8 Å². The molecule has 0 fully saturated rings. The van der Waals surface area contributed by atoms with Gasteiger partial charge in [-0.1, -0.05) is 17.7 Å². The number of aryl methyl sites for hydroxylation is 3. The third kappa shape index (κ3) is 3.96. The first-order valence-corrected chi connectivity index (χ1v) is 7.40. The van der Waals surface area contributed by atoms with Crippen molar-refractivity contribution < 1.29 is 18.7 Å². The summed E-state index contributed by atoms with van der Waals surface area (Å²) in [6.45, 7) is 5.24. The number of hydrogen-bond acceptors (Lipinski definition) is 3. The molecule has 2 rings (SSSR count). The molecule has 23 heavy (non-hydrogen) atoms. The van der Waals surface area contributed by atoms with Crippen LogP contribution in [-0.4, -0.2) is 18.4 Å². The zero-order chi connectivity index (χ0) is 17.1. The van der Waals surface area contributed by atoms with E-state index in [4.69, 9.17) is 16.3 Å². The summed E-state index contributed by atoms with van der Waals surface area (Å²) in [5.74, 6) is -2.00. The molecule has 0 atom stereocenters. The minimum Gasteiger partial charge on any atom is -0.454 e. The third-order valence-corrected chi connectivity index (χ3v) is 3.86. The lowest BCUT2D eigenvalue weighted by molar-refractivity contribution is 0.0470. The fourth-order valence-electron chi connectivity index (χ4n) is 2.20. The molecule has 0 aromatic heterocycles. The van der Waals surface area contributed by atoms with E-state index >= 15 is 0 Å². The van der Waals surface area contributed by atoms with Gasteiger partial charge in [0.2, 0.25) is 5.78 Å². The molecule has 0 spiro atoms. The number of benzene rings is 2. The van der Waals surface area contributed by atoms with E-state index in [-0.39, 0.29) is 16.4 Å². The lowest BCUT2D eigenvalue weighted by atomic mass is 9.98. The Bertz CT molecular complexity index is 784. The summed E-state index contributed by atoms with van der Waals surface area (Å²) in [5, 5.41) is 0.181. The van der Waals surface area contributed by atoms with Crippen LogP contribution in [0.2, 0.25) is 5.02 Å². The standard InChI is InChI=1S/C18H16ClFO3/c1-10-6-12(3)15(7-11(10)2)17(21)9-23-18(22)14-5-4-13(19)8-16(14)20/h4-8H,9H2,1-3H3. The van der Waals surface area contributed by atoms with Gasteiger partial charge in [-0.3, -0.25) is 4.79 Å². The summed E-state index contributed by atoms with van der Waals surface area (Å²) in [5.41, 5.74) is 3.12. The molecule has 0 radical (unpaired) electrons. The number of rotatable bonds is 4. The molecule has 0 unspecified atom stereocenters. The number of Topliss-reactive ketones (excluding diaryl/α,β-unsaturated/α-hetero) is 1. The Morgan fingerprint density at radius 3 is 2.30 bits per heavy atom. The van der Waals surface area contributed by atoms with Crippen LogP contribution >= 0.6 is 11.6 Å². The monoisotopic (exact) mass is 334 g/mol. The predicted octanol–water partition coefficient (Wildman–Crippen LogP) is 4.44. The molecule has 0 heterocycles. The number of hydrogen-bond donors (Lipinski definition) is 0. The van der Waals surface area contributed by atoms with Gasteiger partial charge in [-0.2, -0.15) is 0 Å². The first-order chi connectivity index (χ1) is 10.8. The number of ether oxygens (including phenoxy) is 1. The molecule has 2 aromatic carbocycles. The van der Waals surface area contributed by atoms with Gasteiger partial charge in [0.15, 0.2) is 6.61 Å². The number of halogens is 2. The Morgan fingerprint density at radius 2 is 1.65 bits per heavy atom. The smallest absolute Gasteiger partial charge is 0.341 e. The van der Waals surface area contributed by atoms with E-state index in [1.165, 1.54) is 12.1 Å². The minimum atomic E-state index is -0.894. The van der Waals surface area contributed by atoms with E-state index in [9.17, 15) is 14.0 Å². The highest BCUT2D eigenvalue weighted by Gasteiger charge is 2.17. The second kappa shape index (κ2) is 6.92. The van der Waals surface area contributed by atoms with Crippen molar-refractivity contribution >= 4 is 23.4 Å². The molecule has 0 amide bonds. The van der Waals surface area contributed by atoms with Crippen LogP contribution in [0, 0.1) is 26.6 Å². The van der Waals surface area contributed by atoms with E-state index in [1.807, 2.05) is 26.8 Å². The second-order valence-corrected chi connectivity index (χ2v) is 5.81. The maximum Gasteiger partial charge on any atom is 0.341 e. The lowest BCUT2D eigenvalue weighted by Crippen LogP contribution is -2.16. The van der Waals surface area contributed by atoms with Crippen LogP contribution < -0.4 is 0 Å². The molecule has 2 aromatic rings. The summed E-state index contributed by atoms with van der Waals surface area (Å²) < 4.78 is 18.6. The van der Waals surface area contributed by atoms with E-state index in [0.29, 0.717) is 5.56 Å². The van der Waals surface area contributed by atoms with E-state index in [1.54, 1.807) is 6.07 Å². The first kappa shape index (κ1) is 17.2. The number of esters is 1. The average molecular weight is 335 g/mol. The van der Waals surface area contributed by atoms with Gasteiger partial charge in [-0.15, -0.1) is 0 Å². The molecule has 0 N–H and O–H groups in total. The average Bonchev–Trinajstić information content (AvgIpc) is 2.48. The Kier molecular flexibility index (Phi) is 5.16. The minimum absolute atomic E-state index is 0.181. The quantitative estimate of drug-likeness (QED) is 0.613. The number of carbonyl (C=O) groups excluding carboxylic acids is 2. The predicted molar refractivity (Wildman–Crippen MR) is 86.7 cm³/mol. The Morgan fingerprint density at radius 1 is 1.00 bits per heavy atom. The van der Waals surface area contributed by atoms with Gasteiger partial charge >= 0.3 is 5.97 Å². The van der Waals surface area contributed by atoms with Crippen LogP contribution in [0.5, 0.6) is 0 Å². The van der Waals surface area contributed by atoms with E-state index < -0.39 is 18.4 Å². The molecular weight excluding hydrogens is 319 g/mol. The summed E-state index contributed by atoms with van der Waals surface area (Å²) >= 11 is 5.63. The molecular formula is C18H16ClFO3. The molecule has 5 heteroatoms. The topological polar surface area (TPSA) is 43.4 Å². The van der Waals surface area contributed by atoms with Gasteiger partial charge in [0.05, 0.1) is 5.56 Å². The maximum absolute atomic E-state index is 13.6. The van der Waals surface area contributed by atoms with Gasteiger partial charge in [0.25, 0.3) is 0 Å². The van der Waals surface area contributed by atoms with Crippen molar-refractivity contribution in [1.82, 2.24) is 0 Å². The van der Waals surface area contributed by atoms with E-state index in [2.05, 4.69) is 0 Å². The first-order valence-electron chi connectivity index (χ1n) is 7.03. The van der Waals surface area contributed by atoms with Gasteiger partial charge in [-0.25, -0.2) is 9.18 Å². The highest BCUT2D eigenvalue weighted by molar-refractivity contribution is 6.30. The fraction of sp³-hybridized carbons (Fsp3) is 0.222. The highest BCUT2D eigenvalue weighted by atomic mass is 35.5. The number of ketones is 1. The lowest BCUT2D eigenvalue weighted by Gasteiger charge is -2.10. The van der Waals surface area contributed by atoms with Crippen LogP contribution in [0.1, 0.15) is 37.4 Å². The summed E-state index contributed by atoms with van der Waals surface area (Å²) in [6.07, 6.45) is 0. The van der Waals surface area contributed by atoms with Crippen LogP contribution in [0.25, 0.3) is 0 Å². The van der Waals surface area contributed by atoms with Crippen molar-refractivity contribution in [3.63, 3.8) is 0 Å². The third-order valence-electron chi connectivity index (χ3n) is 3.63. The van der Waals surface area contributed by atoms with Crippen LogP contribution in [0.15, 0.2) is 30.3 Å². The maximum atomic E-state index is 13.6. The zero-order valence-electron chi connectivity index (χ0n) is 13.1. The molecule has 3 nitrogen and oxygen atoms in total. The normalized spacial score (nSPS) is 10.5. The molecule has 120 valence electrons. The van der Waals surface area contributed by atoms with Gasteiger partial charge in [-0.05, 0) is 61.7 Å². The number of carbonyl (C=O) groups is 2. The van der Waals surface area contributed by atoms with Crippen molar-refractivity contribution in [1.29, 1.82) is 0 Å². The van der Waals surface area contributed by atoms with Gasteiger partial charge < -0.3 is 4.74 Å². The summed E-state index contributed by atoms with van der Waals surface area (Å²) in [4.78, 5) is 24.1.